The average molecular weight is 401 g/mol. The van der Waals surface area contributed by atoms with Crippen LogP contribution >= 0.6 is 0 Å². The van der Waals surface area contributed by atoms with Gasteiger partial charge in [-0.15, -0.1) is 0 Å². The summed E-state index contributed by atoms with van der Waals surface area (Å²) in [5, 5.41) is 1.04. The van der Waals surface area contributed by atoms with Crippen LogP contribution in [0.4, 0.5) is 4.39 Å². The number of carbonyl (C=O) groups excluding carboxylic acids is 1. The Morgan fingerprint density at radius 1 is 1.25 bits per heavy atom. The fraction of sp³-hybridized carbons (Fsp3) is 0.250. The van der Waals surface area contributed by atoms with Gasteiger partial charge in [-0.25, -0.2) is 17.5 Å². The number of amides is 1. The van der Waals surface area contributed by atoms with Crippen LogP contribution < -0.4 is 4.72 Å². The van der Waals surface area contributed by atoms with Crippen LogP contribution in [-0.2, 0) is 23.0 Å². The Morgan fingerprint density at radius 3 is 2.82 bits per heavy atom. The molecular formula is C20H20FN3O3S. The maximum Gasteiger partial charge on any atom is 0.257 e. The van der Waals surface area contributed by atoms with Gasteiger partial charge < -0.3 is 9.88 Å². The molecule has 0 bridgehead atoms. The first kappa shape index (κ1) is 18.6. The van der Waals surface area contributed by atoms with Crippen LogP contribution in [0.25, 0.3) is 10.9 Å². The molecule has 28 heavy (non-hydrogen) atoms. The quantitative estimate of drug-likeness (QED) is 0.705. The number of carbonyl (C=O) groups is 1. The molecule has 146 valence electrons. The lowest BCUT2D eigenvalue weighted by molar-refractivity contribution is 0.0730. The minimum Gasteiger partial charge on any atom is -0.358 e. The van der Waals surface area contributed by atoms with Gasteiger partial charge in [0.1, 0.15) is 5.82 Å². The number of sulfonamides is 1. The van der Waals surface area contributed by atoms with Crippen LogP contribution in [0, 0.1) is 5.82 Å². The third-order valence-corrected chi connectivity index (χ3v) is 6.53. The van der Waals surface area contributed by atoms with E-state index < -0.39 is 21.7 Å². The molecule has 2 aromatic carbocycles. The van der Waals surface area contributed by atoms with Gasteiger partial charge in [-0.05, 0) is 24.3 Å². The number of nitrogens with zero attached hydrogens (tertiary/aromatic N) is 1. The van der Waals surface area contributed by atoms with Crippen molar-refractivity contribution >= 4 is 26.8 Å². The van der Waals surface area contributed by atoms with Crippen molar-refractivity contribution < 1.29 is 17.6 Å². The summed E-state index contributed by atoms with van der Waals surface area (Å²) < 4.78 is 41.1. The van der Waals surface area contributed by atoms with Gasteiger partial charge in [0, 0.05) is 48.2 Å². The first-order chi connectivity index (χ1) is 13.4. The van der Waals surface area contributed by atoms with Crippen LogP contribution in [0.15, 0.2) is 47.4 Å². The Morgan fingerprint density at radius 2 is 2.04 bits per heavy atom. The molecule has 0 saturated carbocycles. The van der Waals surface area contributed by atoms with Crippen LogP contribution in [0.1, 0.15) is 28.5 Å². The van der Waals surface area contributed by atoms with Gasteiger partial charge in [-0.1, -0.05) is 25.1 Å². The smallest absolute Gasteiger partial charge is 0.257 e. The Labute approximate surface area is 162 Å². The van der Waals surface area contributed by atoms with Crippen molar-refractivity contribution in [3.63, 3.8) is 0 Å². The molecular weight excluding hydrogens is 381 g/mol. The highest BCUT2D eigenvalue weighted by Gasteiger charge is 2.27. The molecule has 1 aromatic heterocycles. The van der Waals surface area contributed by atoms with Gasteiger partial charge in [0.05, 0.1) is 10.5 Å². The van der Waals surface area contributed by atoms with Gasteiger partial charge in [0.15, 0.2) is 0 Å². The highest BCUT2D eigenvalue weighted by Crippen LogP contribution is 2.29. The second-order valence-corrected chi connectivity index (χ2v) is 8.51. The maximum absolute atomic E-state index is 14.4. The van der Waals surface area contributed by atoms with Crippen molar-refractivity contribution in [3.8, 4) is 0 Å². The largest absolute Gasteiger partial charge is 0.358 e. The number of aromatic amines is 1. The summed E-state index contributed by atoms with van der Waals surface area (Å²) in [6.07, 6.45) is 0.632. The van der Waals surface area contributed by atoms with E-state index in [-0.39, 0.29) is 17.0 Å². The molecule has 1 aliphatic rings. The Balaban J connectivity index is 1.67. The van der Waals surface area contributed by atoms with Crippen LogP contribution in [-0.4, -0.2) is 37.3 Å². The Bertz CT molecular complexity index is 1170. The molecule has 2 N–H and O–H groups in total. The molecule has 0 unspecified atom stereocenters. The summed E-state index contributed by atoms with van der Waals surface area (Å²) in [5.41, 5.74) is 2.87. The van der Waals surface area contributed by atoms with Crippen molar-refractivity contribution in [3.05, 3.63) is 65.1 Å². The molecule has 6 nitrogen and oxygen atoms in total. The molecule has 0 radical (unpaired) electrons. The predicted molar refractivity (Wildman–Crippen MR) is 104 cm³/mol. The SMILES string of the molecule is CCNS(=O)(=O)c1ccc(F)c(C(=O)N2CCc3[nH]c4ccccc4c3C2)c1. The topological polar surface area (TPSA) is 82.3 Å². The second kappa shape index (κ2) is 7.03. The number of hydrogen-bond acceptors (Lipinski definition) is 3. The Hall–Kier alpha value is -2.71. The molecule has 3 aromatic rings. The van der Waals surface area contributed by atoms with Crippen molar-refractivity contribution in [2.45, 2.75) is 24.8 Å². The molecule has 0 fully saturated rings. The van der Waals surface area contributed by atoms with E-state index in [1.807, 2.05) is 24.3 Å². The van der Waals surface area contributed by atoms with Gasteiger partial charge >= 0.3 is 0 Å². The lowest BCUT2D eigenvalue weighted by atomic mass is 10.0. The van der Waals surface area contributed by atoms with Crippen molar-refractivity contribution in [1.29, 1.82) is 0 Å². The molecule has 1 amide bonds. The molecule has 0 spiro atoms. The molecule has 1 aliphatic heterocycles. The lowest BCUT2D eigenvalue weighted by Gasteiger charge is -2.27. The number of fused-ring (bicyclic) bond motifs is 3. The fourth-order valence-corrected chi connectivity index (χ4v) is 4.69. The lowest BCUT2D eigenvalue weighted by Crippen LogP contribution is -2.36. The van der Waals surface area contributed by atoms with E-state index in [4.69, 9.17) is 0 Å². The predicted octanol–water partition coefficient (Wildman–Crippen LogP) is 2.80. The van der Waals surface area contributed by atoms with Crippen LogP contribution in [0.5, 0.6) is 0 Å². The van der Waals surface area contributed by atoms with E-state index in [1.54, 1.807) is 11.8 Å². The molecule has 0 saturated heterocycles. The van der Waals surface area contributed by atoms with E-state index in [1.165, 1.54) is 0 Å². The first-order valence-electron chi connectivity index (χ1n) is 9.07. The van der Waals surface area contributed by atoms with E-state index in [0.29, 0.717) is 19.5 Å². The van der Waals surface area contributed by atoms with E-state index in [9.17, 15) is 17.6 Å². The number of halogens is 1. The van der Waals surface area contributed by atoms with Gasteiger partial charge in [-0.3, -0.25) is 4.79 Å². The normalized spacial score (nSPS) is 14.3. The molecule has 2 heterocycles. The van der Waals surface area contributed by atoms with Gasteiger partial charge in [-0.2, -0.15) is 0 Å². The highest BCUT2D eigenvalue weighted by molar-refractivity contribution is 7.89. The zero-order valence-electron chi connectivity index (χ0n) is 15.3. The zero-order chi connectivity index (χ0) is 19.9. The summed E-state index contributed by atoms with van der Waals surface area (Å²) in [6.45, 7) is 2.64. The number of nitrogens with one attached hydrogen (secondary N) is 2. The van der Waals surface area contributed by atoms with Crippen molar-refractivity contribution in [2.75, 3.05) is 13.1 Å². The maximum atomic E-state index is 14.4. The summed E-state index contributed by atoms with van der Waals surface area (Å²) in [6, 6.07) is 11.2. The number of hydrogen-bond donors (Lipinski definition) is 2. The number of rotatable bonds is 4. The van der Waals surface area contributed by atoms with E-state index in [0.717, 1.165) is 40.4 Å². The minimum absolute atomic E-state index is 0.121. The summed E-state index contributed by atoms with van der Waals surface area (Å²) in [5.74, 6) is -1.24. The minimum atomic E-state index is -3.77. The Kier molecular flexibility index (Phi) is 4.68. The van der Waals surface area contributed by atoms with Crippen molar-refractivity contribution in [2.24, 2.45) is 0 Å². The van der Waals surface area contributed by atoms with Crippen LogP contribution in [0.2, 0.25) is 0 Å². The van der Waals surface area contributed by atoms with Gasteiger partial charge in [0.2, 0.25) is 10.0 Å². The van der Waals surface area contributed by atoms with Crippen LogP contribution in [0.3, 0.4) is 0 Å². The second-order valence-electron chi connectivity index (χ2n) is 6.75. The standard InChI is InChI=1S/C20H20FN3O3S/c1-2-22-28(26,27)13-7-8-17(21)15(11-13)20(25)24-10-9-19-16(12-24)14-5-3-4-6-18(14)23-19/h3-8,11,22-23H,2,9-10,12H2,1H3. The number of H-pyrrole nitrogens is 1. The molecule has 0 atom stereocenters. The monoisotopic (exact) mass is 401 g/mol. The number of benzene rings is 2. The van der Waals surface area contributed by atoms with Gasteiger partial charge in [0.25, 0.3) is 5.91 Å². The third-order valence-electron chi connectivity index (χ3n) is 4.98. The first-order valence-corrected chi connectivity index (χ1v) is 10.6. The average Bonchev–Trinajstić information content (AvgIpc) is 3.05. The summed E-state index contributed by atoms with van der Waals surface area (Å²) in [4.78, 5) is 17.8. The molecule has 4 rings (SSSR count). The highest BCUT2D eigenvalue weighted by atomic mass is 32.2. The van der Waals surface area contributed by atoms with Crippen molar-refractivity contribution in [1.82, 2.24) is 14.6 Å². The zero-order valence-corrected chi connectivity index (χ0v) is 16.1. The van der Waals surface area contributed by atoms with E-state index >= 15 is 0 Å². The molecule has 8 heteroatoms. The summed E-state index contributed by atoms with van der Waals surface area (Å²) >= 11 is 0. The molecule has 0 aliphatic carbocycles. The third kappa shape index (κ3) is 3.18. The van der Waals surface area contributed by atoms with E-state index in [2.05, 4.69) is 9.71 Å². The number of para-hydroxylation sites is 1. The summed E-state index contributed by atoms with van der Waals surface area (Å²) in [7, 11) is -3.77. The fourth-order valence-electron chi connectivity index (χ4n) is 3.62. The number of aromatic nitrogens is 1.